The molecular formula is C13H15NO3. The van der Waals surface area contributed by atoms with Crippen LogP contribution >= 0.6 is 0 Å². The monoisotopic (exact) mass is 233 g/mol. The van der Waals surface area contributed by atoms with Gasteiger partial charge in [0.05, 0.1) is 18.8 Å². The van der Waals surface area contributed by atoms with Gasteiger partial charge in [-0.1, -0.05) is 6.07 Å². The third-order valence-electron chi connectivity index (χ3n) is 3.24. The van der Waals surface area contributed by atoms with E-state index in [1.807, 2.05) is 12.1 Å². The van der Waals surface area contributed by atoms with E-state index in [2.05, 4.69) is 5.32 Å². The van der Waals surface area contributed by atoms with E-state index in [1.165, 1.54) is 0 Å². The molecule has 3 rings (SSSR count). The minimum atomic E-state index is -0.316. The summed E-state index contributed by atoms with van der Waals surface area (Å²) in [6.45, 7) is 3.00. The van der Waals surface area contributed by atoms with Crippen molar-refractivity contribution in [2.45, 2.75) is 25.4 Å². The Kier molecular flexibility index (Phi) is 2.24. The molecule has 1 saturated carbocycles. The Morgan fingerprint density at radius 3 is 3.06 bits per heavy atom. The van der Waals surface area contributed by atoms with Crippen molar-refractivity contribution in [1.82, 2.24) is 0 Å². The van der Waals surface area contributed by atoms with Gasteiger partial charge in [0.15, 0.2) is 5.75 Å². The van der Waals surface area contributed by atoms with Gasteiger partial charge in [0, 0.05) is 0 Å². The first kappa shape index (κ1) is 10.4. The average molecular weight is 233 g/mol. The number of hydrogen-bond donors (Lipinski definition) is 1. The highest BCUT2D eigenvalue weighted by atomic mass is 16.5. The van der Waals surface area contributed by atoms with Crippen molar-refractivity contribution in [2.75, 3.05) is 18.5 Å². The summed E-state index contributed by atoms with van der Waals surface area (Å²) < 4.78 is 11.0. The summed E-state index contributed by atoms with van der Waals surface area (Å²) in [6.07, 6.45) is 2.10. The quantitative estimate of drug-likeness (QED) is 0.795. The second kappa shape index (κ2) is 3.65. The summed E-state index contributed by atoms with van der Waals surface area (Å²) in [5, 5.41) is 3.32. The van der Waals surface area contributed by atoms with E-state index in [0.29, 0.717) is 17.9 Å². The zero-order valence-corrected chi connectivity index (χ0v) is 9.79. The Morgan fingerprint density at radius 2 is 2.35 bits per heavy atom. The minimum absolute atomic E-state index is 0.0738. The first-order chi connectivity index (χ1) is 8.24. The molecule has 0 radical (unpaired) electrons. The number of esters is 1. The van der Waals surface area contributed by atoms with Crippen LogP contribution < -0.4 is 10.1 Å². The molecule has 1 heterocycles. The van der Waals surface area contributed by atoms with E-state index >= 15 is 0 Å². The van der Waals surface area contributed by atoms with E-state index in [4.69, 9.17) is 9.47 Å². The number of carbonyl (C=O) groups excluding carboxylic acids is 1. The lowest BCUT2D eigenvalue weighted by Crippen LogP contribution is -2.33. The minimum Gasteiger partial charge on any atom is -0.482 e. The van der Waals surface area contributed by atoms with Gasteiger partial charge in [0.25, 0.3) is 0 Å². The summed E-state index contributed by atoms with van der Waals surface area (Å²) in [5.74, 6) is 0.332. The van der Waals surface area contributed by atoms with Crippen molar-refractivity contribution in [3.63, 3.8) is 0 Å². The van der Waals surface area contributed by atoms with Crippen molar-refractivity contribution in [2.24, 2.45) is 0 Å². The summed E-state index contributed by atoms with van der Waals surface area (Å²) in [7, 11) is 0. The van der Waals surface area contributed by atoms with Crippen LogP contribution in [-0.4, -0.2) is 24.7 Å². The molecule has 0 unspecified atom stereocenters. The van der Waals surface area contributed by atoms with Crippen LogP contribution in [0.4, 0.5) is 5.69 Å². The van der Waals surface area contributed by atoms with Gasteiger partial charge >= 0.3 is 5.97 Å². The molecule has 2 aliphatic rings. The number of fused-ring (bicyclic) bond motifs is 1. The number of para-hydroxylation sites is 1. The van der Waals surface area contributed by atoms with Gasteiger partial charge in [0.1, 0.15) is 11.2 Å². The molecule has 1 spiro atoms. The van der Waals surface area contributed by atoms with E-state index in [1.54, 1.807) is 13.0 Å². The molecule has 4 heteroatoms. The van der Waals surface area contributed by atoms with Crippen molar-refractivity contribution >= 4 is 11.7 Å². The maximum atomic E-state index is 11.8. The van der Waals surface area contributed by atoms with Crippen molar-refractivity contribution < 1.29 is 14.3 Å². The number of benzene rings is 1. The highest BCUT2D eigenvalue weighted by molar-refractivity contribution is 5.95. The van der Waals surface area contributed by atoms with Crippen LogP contribution in [0.15, 0.2) is 18.2 Å². The van der Waals surface area contributed by atoms with Crippen LogP contribution in [0.2, 0.25) is 0 Å². The fourth-order valence-corrected chi connectivity index (χ4v) is 2.08. The fraction of sp³-hybridized carbons (Fsp3) is 0.462. The summed E-state index contributed by atoms with van der Waals surface area (Å²) in [4.78, 5) is 11.8. The lowest BCUT2D eigenvalue weighted by molar-refractivity contribution is 0.0517. The predicted octanol–water partition coefficient (Wildman–Crippen LogP) is 2.20. The first-order valence-electron chi connectivity index (χ1n) is 5.97. The van der Waals surface area contributed by atoms with Crippen LogP contribution in [0.5, 0.6) is 5.75 Å². The topological polar surface area (TPSA) is 47.6 Å². The smallest absolute Gasteiger partial charge is 0.341 e. The van der Waals surface area contributed by atoms with E-state index in [-0.39, 0.29) is 11.6 Å². The molecule has 0 aromatic heterocycles. The molecule has 1 aliphatic carbocycles. The molecule has 1 aliphatic heterocycles. The fourth-order valence-electron chi connectivity index (χ4n) is 2.08. The summed E-state index contributed by atoms with van der Waals surface area (Å²) >= 11 is 0. The zero-order chi connectivity index (χ0) is 11.9. The molecule has 0 saturated heterocycles. The van der Waals surface area contributed by atoms with Gasteiger partial charge in [-0.15, -0.1) is 0 Å². The average Bonchev–Trinajstić information content (AvgIpc) is 3.08. The third-order valence-corrected chi connectivity index (χ3v) is 3.24. The Hall–Kier alpha value is -1.71. The molecule has 4 nitrogen and oxygen atoms in total. The van der Waals surface area contributed by atoms with Crippen LogP contribution in [0.25, 0.3) is 0 Å². The van der Waals surface area contributed by atoms with Crippen LogP contribution in [-0.2, 0) is 4.74 Å². The Labute approximate surface area is 99.9 Å². The molecule has 1 N–H and O–H groups in total. The maximum absolute atomic E-state index is 11.8. The van der Waals surface area contributed by atoms with Crippen molar-refractivity contribution in [3.8, 4) is 5.75 Å². The highest BCUT2D eigenvalue weighted by Gasteiger charge is 2.48. The van der Waals surface area contributed by atoms with Crippen LogP contribution in [0, 0.1) is 0 Å². The van der Waals surface area contributed by atoms with E-state index in [0.717, 1.165) is 25.1 Å². The second-order valence-corrected chi connectivity index (χ2v) is 4.54. The largest absolute Gasteiger partial charge is 0.482 e. The molecular weight excluding hydrogens is 218 g/mol. The van der Waals surface area contributed by atoms with Crippen LogP contribution in [0.1, 0.15) is 30.1 Å². The molecule has 0 atom stereocenters. The standard InChI is InChI=1S/C13H15NO3/c1-2-16-12(15)9-4-3-5-10-11(9)17-13(6-7-13)8-14-10/h3-5,14H,2,6-8H2,1H3. The molecule has 1 aromatic rings. The van der Waals surface area contributed by atoms with Gasteiger partial charge in [-0.05, 0) is 31.9 Å². The van der Waals surface area contributed by atoms with Crippen molar-refractivity contribution in [1.29, 1.82) is 0 Å². The number of anilines is 1. The number of carbonyl (C=O) groups is 1. The normalized spacial score (nSPS) is 18.9. The number of hydrogen-bond acceptors (Lipinski definition) is 4. The molecule has 1 fully saturated rings. The molecule has 90 valence electrons. The van der Waals surface area contributed by atoms with Crippen molar-refractivity contribution in [3.05, 3.63) is 23.8 Å². The SMILES string of the molecule is CCOC(=O)c1cccc2c1OC1(CC1)CN2. The van der Waals surface area contributed by atoms with Gasteiger partial charge in [-0.2, -0.15) is 0 Å². The Bertz CT molecular complexity index is 466. The Morgan fingerprint density at radius 1 is 1.53 bits per heavy atom. The van der Waals surface area contributed by atoms with Gasteiger partial charge < -0.3 is 14.8 Å². The van der Waals surface area contributed by atoms with Gasteiger partial charge in [0.2, 0.25) is 0 Å². The third kappa shape index (κ3) is 1.73. The van der Waals surface area contributed by atoms with Gasteiger partial charge in [-0.3, -0.25) is 0 Å². The summed E-state index contributed by atoms with van der Waals surface area (Å²) in [6, 6.07) is 5.51. The molecule has 0 bridgehead atoms. The lowest BCUT2D eigenvalue weighted by atomic mass is 10.1. The number of ether oxygens (including phenoxy) is 2. The van der Waals surface area contributed by atoms with E-state index in [9.17, 15) is 4.79 Å². The van der Waals surface area contributed by atoms with Gasteiger partial charge in [-0.25, -0.2) is 4.79 Å². The number of rotatable bonds is 2. The molecule has 0 amide bonds. The molecule has 1 aromatic carbocycles. The Balaban J connectivity index is 1.97. The predicted molar refractivity (Wildman–Crippen MR) is 63.5 cm³/mol. The zero-order valence-electron chi connectivity index (χ0n) is 9.79. The number of nitrogens with one attached hydrogen (secondary N) is 1. The van der Waals surface area contributed by atoms with E-state index < -0.39 is 0 Å². The second-order valence-electron chi connectivity index (χ2n) is 4.54. The van der Waals surface area contributed by atoms with Crippen LogP contribution in [0.3, 0.4) is 0 Å². The lowest BCUT2D eigenvalue weighted by Gasteiger charge is -2.28. The first-order valence-corrected chi connectivity index (χ1v) is 5.97. The highest BCUT2D eigenvalue weighted by Crippen LogP contribution is 2.47. The molecule has 17 heavy (non-hydrogen) atoms. The maximum Gasteiger partial charge on any atom is 0.341 e. The summed E-state index contributed by atoms with van der Waals surface area (Å²) in [5.41, 5.74) is 1.33.